The predicted molar refractivity (Wildman–Crippen MR) is 156 cm³/mol. The number of esters is 1. The van der Waals surface area contributed by atoms with Gasteiger partial charge in [0.15, 0.2) is 8.32 Å². The Labute approximate surface area is 232 Å². The third-order valence-corrected chi connectivity index (χ3v) is 13.6. The first-order valence-electron chi connectivity index (χ1n) is 14.6. The number of hydrogen-bond donors (Lipinski definition) is 1. The molecule has 2 aliphatic carbocycles. The van der Waals surface area contributed by atoms with E-state index in [4.69, 9.17) is 9.16 Å². The van der Waals surface area contributed by atoms with Crippen molar-refractivity contribution in [3.63, 3.8) is 0 Å². The molecule has 7 heteroatoms. The van der Waals surface area contributed by atoms with Crippen molar-refractivity contribution in [1.82, 2.24) is 5.32 Å². The topological polar surface area (TPSA) is 81.7 Å². The SMILES string of the molecule is CCC(C)C(=O)OC1CC(C)C=C2C=CC(C)C(CCC(=O)CC(CC(=O)NC)O[Si](C)(C)C(C)(C)C)C21. The number of carbonyl (C=O) groups is 3. The molecular weight excluding hydrogens is 494 g/mol. The summed E-state index contributed by atoms with van der Waals surface area (Å²) in [5.41, 5.74) is 1.24. The average Bonchev–Trinajstić information content (AvgIpc) is 2.81. The van der Waals surface area contributed by atoms with Crippen LogP contribution in [0.2, 0.25) is 18.1 Å². The third-order valence-electron chi connectivity index (χ3n) is 9.05. The van der Waals surface area contributed by atoms with Crippen LogP contribution in [0.15, 0.2) is 23.8 Å². The van der Waals surface area contributed by atoms with Crippen molar-refractivity contribution in [3.05, 3.63) is 23.8 Å². The Hall–Kier alpha value is -1.73. The Morgan fingerprint density at radius 3 is 2.39 bits per heavy atom. The molecule has 0 saturated carbocycles. The van der Waals surface area contributed by atoms with Gasteiger partial charge in [-0.1, -0.05) is 66.7 Å². The highest BCUT2D eigenvalue weighted by molar-refractivity contribution is 6.74. The lowest BCUT2D eigenvalue weighted by Gasteiger charge is -2.43. The maximum atomic E-state index is 13.3. The Morgan fingerprint density at radius 2 is 1.82 bits per heavy atom. The van der Waals surface area contributed by atoms with Gasteiger partial charge in [0.25, 0.3) is 0 Å². The van der Waals surface area contributed by atoms with Gasteiger partial charge >= 0.3 is 5.97 Å². The highest BCUT2D eigenvalue weighted by Gasteiger charge is 2.42. The Kier molecular flexibility index (Phi) is 11.6. The fourth-order valence-corrected chi connectivity index (χ4v) is 6.75. The molecule has 2 rings (SSSR count). The molecule has 1 N–H and O–H groups in total. The zero-order valence-corrected chi connectivity index (χ0v) is 26.6. The van der Waals surface area contributed by atoms with Crippen molar-refractivity contribution >= 4 is 26.0 Å². The van der Waals surface area contributed by atoms with Crippen molar-refractivity contribution < 1.29 is 23.5 Å². The van der Waals surface area contributed by atoms with E-state index in [0.717, 1.165) is 19.3 Å². The van der Waals surface area contributed by atoms with E-state index in [1.807, 2.05) is 13.8 Å². The Morgan fingerprint density at radius 1 is 1.16 bits per heavy atom. The van der Waals surface area contributed by atoms with Crippen LogP contribution in [0, 0.1) is 29.6 Å². The molecule has 0 spiro atoms. The molecule has 7 unspecified atom stereocenters. The largest absolute Gasteiger partial charge is 0.461 e. The summed E-state index contributed by atoms with van der Waals surface area (Å²) in [6, 6.07) is 0. The van der Waals surface area contributed by atoms with Crippen LogP contribution >= 0.6 is 0 Å². The zero-order chi connectivity index (χ0) is 28.8. The summed E-state index contributed by atoms with van der Waals surface area (Å²) >= 11 is 0. The van der Waals surface area contributed by atoms with Crippen LogP contribution in [0.5, 0.6) is 0 Å². The van der Waals surface area contributed by atoms with Gasteiger partial charge in [0.05, 0.1) is 18.4 Å². The third kappa shape index (κ3) is 8.64. The summed E-state index contributed by atoms with van der Waals surface area (Å²) in [7, 11) is -0.528. The van der Waals surface area contributed by atoms with Gasteiger partial charge in [-0.25, -0.2) is 0 Å². The normalized spacial score (nSPS) is 27.1. The smallest absolute Gasteiger partial charge is 0.308 e. The van der Waals surface area contributed by atoms with Crippen LogP contribution in [-0.4, -0.2) is 45.2 Å². The maximum absolute atomic E-state index is 13.3. The molecule has 0 aromatic carbocycles. The van der Waals surface area contributed by atoms with Crippen LogP contribution in [0.25, 0.3) is 0 Å². The first-order chi connectivity index (χ1) is 17.6. The highest BCUT2D eigenvalue weighted by Crippen LogP contribution is 2.45. The van der Waals surface area contributed by atoms with E-state index in [9.17, 15) is 14.4 Å². The quantitative estimate of drug-likeness (QED) is 0.219. The molecular formula is C31H53NO5Si. The van der Waals surface area contributed by atoms with E-state index >= 15 is 0 Å². The number of allylic oxidation sites excluding steroid dienone is 3. The molecule has 7 atom stereocenters. The van der Waals surface area contributed by atoms with E-state index in [1.54, 1.807) is 7.05 Å². The van der Waals surface area contributed by atoms with Crippen molar-refractivity contribution in [3.8, 4) is 0 Å². The minimum absolute atomic E-state index is 0.0105. The second-order valence-electron chi connectivity index (χ2n) is 13.2. The molecule has 1 amide bonds. The number of ketones is 1. The Balaban J connectivity index is 2.16. The molecule has 0 bridgehead atoms. The number of rotatable bonds is 12. The molecule has 0 fully saturated rings. The summed E-state index contributed by atoms with van der Waals surface area (Å²) in [6.45, 7) is 19.1. The summed E-state index contributed by atoms with van der Waals surface area (Å²) in [4.78, 5) is 38.3. The van der Waals surface area contributed by atoms with Gasteiger partial charge in [0.1, 0.15) is 11.9 Å². The highest BCUT2D eigenvalue weighted by atomic mass is 28.4. The Bertz CT molecular complexity index is 902. The van der Waals surface area contributed by atoms with Gasteiger partial charge in [-0.2, -0.15) is 0 Å². The van der Waals surface area contributed by atoms with E-state index in [2.05, 4.69) is 71.3 Å². The first kappa shape index (κ1) is 32.5. The van der Waals surface area contributed by atoms with Crippen LogP contribution in [0.1, 0.15) is 87.0 Å². The molecule has 0 radical (unpaired) electrons. The molecule has 38 heavy (non-hydrogen) atoms. The van der Waals surface area contributed by atoms with Crippen LogP contribution in [-0.2, 0) is 23.5 Å². The van der Waals surface area contributed by atoms with Crippen LogP contribution < -0.4 is 5.32 Å². The number of ether oxygens (including phenoxy) is 1. The van der Waals surface area contributed by atoms with E-state index in [-0.39, 0.29) is 65.3 Å². The van der Waals surface area contributed by atoms with Gasteiger partial charge in [-0.3, -0.25) is 14.4 Å². The number of carbonyl (C=O) groups excluding carboxylic acids is 3. The number of nitrogens with one attached hydrogen (secondary N) is 1. The van der Waals surface area contributed by atoms with Gasteiger partial charge in [0.2, 0.25) is 5.91 Å². The lowest BCUT2D eigenvalue weighted by Crippen LogP contribution is -2.45. The van der Waals surface area contributed by atoms with E-state index in [1.165, 1.54) is 5.57 Å². The van der Waals surface area contributed by atoms with Crippen molar-refractivity contribution in [2.75, 3.05) is 7.05 Å². The molecule has 0 aromatic rings. The maximum Gasteiger partial charge on any atom is 0.308 e. The van der Waals surface area contributed by atoms with E-state index in [0.29, 0.717) is 12.3 Å². The fraction of sp³-hybridized carbons (Fsp3) is 0.774. The summed E-state index contributed by atoms with van der Waals surface area (Å²) in [6.07, 6.45) is 9.33. The number of fused-ring (bicyclic) bond motifs is 1. The number of Topliss-reactive ketones (excluding diaryl/α,β-unsaturated/α-hetero) is 1. The van der Waals surface area contributed by atoms with Crippen LogP contribution in [0.3, 0.4) is 0 Å². The zero-order valence-electron chi connectivity index (χ0n) is 25.6. The van der Waals surface area contributed by atoms with Crippen molar-refractivity contribution in [2.45, 2.75) is 117 Å². The fourth-order valence-electron chi connectivity index (χ4n) is 5.39. The lowest BCUT2D eigenvalue weighted by atomic mass is 9.65. The number of hydrogen-bond acceptors (Lipinski definition) is 5. The van der Waals surface area contributed by atoms with Gasteiger partial charge in [0, 0.05) is 25.8 Å². The van der Waals surface area contributed by atoms with Crippen molar-refractivity contribution in [2.24, 2.45) is 29.6 Å². The first-order valence-corrected chi connectivity index (χ1v) is 17.5. The monoisotopic (exact) mass is 547 g/mol. The van der Waals surface area contributed by atoms with Gasteiger partial charge in [-0.15, -0.1) is 0 Å². The molecule has 0 aromatic heterocycles. The van der Waals surface area contributed by atoms with Crippen LogP contribution in [0.4, 0.5) is 0 Å². The van der Waals surface area contributed by atoms with Crippen molar-refractivity contribution in [1.29, 1.82) is 0 Å². The second-order valence-corrected chi connectivity index (χ2v) is 18.0. The predicted octanol–water partition coefficient (Wildman–Crippen LogP) is 6.61. The molecule has 0 aliphatic heterocycles. The standard InChI is InChI=1S/C31H53NO5Si/c1-11-21(3)30(35)36-27-17-20(2)16-23-13-12-22(4)26(29(23)27)15-14-24(33)18-25(19-28(34)32-8)37-38(9,10)31(5,6)7/h12-13,16,20-22,25-27,29H,11,14-15,17-19H2,1-10H3,(H,32,34). The molecule has 216 valence electrons. The minimum atomic E-state index is -2.15. The van der Waals surface area contributed by atoms with E-state index < -0.39 is 14.4 Å². The minimum Gasteiger partial charge on any atom is -0.461 e. The summed E-state index contributed by atoms with van der Waals surface area (Å²) < 4.78 is 12.6. The average molecular weight is 548 g/mol. The van der Waals surface area contributed by atoms with Gasteiger partial charge in [-0.05, 0) is 60.7 Å². The summed E-state index contributed by atoms with van der Waals surface area (Å²) in [5.74, 6) is 0.736. The molecule has 6 nitrogen and oxygen atoms in total. The number of amides is 1. The molecule has 0 saturated heterocycles. The lowest BCUT2D eigenvalue weighted by molar-refractivity contribution is -0.158. The summed E-state index contributed by atoms with van der Waals surface area (Å²) in [5, 5.41) is 2.67. The van der Waals surface area contributed by atoms with Gasteiger partial charge < -0.3 is 14.5 Å². The molecule has 2 aliphatic rings. The second kappa shape index (κ2) is 13.6. The molecule has 0 heterocycles.